The molecular weight excluding hydrogens is 268 g/mol. The molecule has 0 amide bonds. The summed E-state index contributed by atoms with van der Waals surface area (Å²) in [5.41, 5.74) is 0. The van der Waals surface area contributed by atoms with Crippen LogP contribution < -0.4 is 0 Å². The third kappa shape index (κ3) is 10.7. The Morgan fingerprint density at radius 1 is 1.86 bits per heavy atom. The first-order valence-electron chi connectivity index (χ1n) is 1.45. The zero-order chi connectivity index (χ0) is 4.99. The molecule has 0 aromatic rings. The number of nitrogens with zero attached hydrogens (tertiary/aromatic N) is 1. The van der Waals surface area contributed by atoms with Crippen molar-refractivity contribution in [2.75, 3.05) is 0 Å². The average Bonchev–Trinajstić information content (AvgIpc) is 1.35. The van der Waals surface area contributed by atoms with Crippen LogP contribution in [0.4, 0.5) is 0 Å². The predicted octanol–water partition coefficient (Wildman–Crippen LogP) is 0.597. The quantitative estimate of drug-likeness (QED) is 0.303. The van der Waals surface area contributed by atoms with E-state index in [1.165, 1.54) is 6.08 Å². The zero-order valence-corrected chi connectivity index (χ0v) is 6.43. The Bertz CT molecular complexity index is 81.0. The first-order chi connectivity index (χ1) is 2.77. The Hall–Kier alpha value is -0.198. The van der Waals surface area contributed by atoms with Crippen molar-refractivity contribution in [1.82, 2.24) is 0 Å². The van der Waals surface area contributed by atoms with Gasteiger partial charge in [-0.05, 0) is 0 Å². The van der Waals surface area contributed by atoms with Gasteiger partial charge in [-0.1, -0.05) is 13.1 Å². The van der Waals surface area contributed by atoms with E-state index in [1.54, 1.807) is 13.1 Å². The smallest absolute Gasteiger partial charge is 0 e. The first kappa shape index (κ1) is 9.93. The van der Waals surface area contributed by atoms with E-state index in [0.29, 0.717) is 0 Å². The molecule has 0 saturated carbocycles. The molecule has 0 rings (SSSR count). The van der Waals surface area contributed by atoms with Crippen molar-refractivity contribution in [3.8, 4) is 0 Å². The summed E-state index contributed by atoms with van der Waals surface area (Å²) in [6.07, 6.45) is 3.06. The molecule has 0 saturated heterocycles. The second kappa shape index (κ2) is 5.80. The van der Waals surface area contributed by atoms with Gasteiger partial charge in [0, 0.05) is 20.4 Å². The maximum Gasteiger partial charge on any atom is 0 e. The SMILES string of the molecule is CC=[C-][N+](=O)[O-].[Re]. The number of allylic oxidation sites excluding steroid dienone is 1. The van der Waals surface area contributed by atoms with Crippen LogP contribution in [0.3, 0.4) is 0 Å². The van der Waals surface area contributed by atoms with Crippen molar-refractivity contribution in [3.05, 3.63) is 22.4 Å². The molecule has 0 aliphatic carbocycles. The van der Waals surface area contributed by atoms with Crippen LogP contribution in [0.2, 0.25) is 0 Å². The Labute approximate surface area is 55.2 Å². The minimum atomic E-state index is -0.625. The third-order valence-corrected chi connectivity index (χ3v) is 0.235. The minimum absolute atomic E-state index is 0. The van der Waals surface area contributed by atoms with E-state index >= 15 is 0 Å². The molecule has 0 unspecified atom stereocenters. The van der Waals surface area contributed by atoms with E-state index in [9.17, 15) is 10.1 Å². The Kier molecular flexibility index (Phi) is 8.23. The molecule has 0 aliphatic heterocycles. The van der Waals surface area contributed by atoms with Crippen molar-refractivity contribution in [3.63, 3.8) is 0 Å². The molecule has 4 heteroatoms. The van der Waals surface area contributed by atoms with Gasteiger partial charge in [-0.3, -0.25) is 10.1 Å². The normalized spacial score (nSPS) is 8.14. The van der Waals surface area contributed by atoms with Gasteiger partial charge in [-0.2, -0.15) is 0 Å². The maximum absolute atomic E-state index is 9.26. The van der Waals surface area contributed by atoms with Gasteiger partial charge in [0.15, 0.2) is 0 Å². The largest absolute Gasteiger partial charge is 0.297 e. The van der Waals surface area contributed by atoms with Gasteiger partial charge < -0.3 is 0 Å². The van der Waals surface area contributed by atoms with Gasteiger partial charge in [0.2, 0.25) is 0 Å². The van der Waals surface area contributed by atoms with Crippen molar-refractivity contribution in [1.29, 1.82) is 0 Å². The molecule has 41 valence electrons. The van der Waals surface area contributed by atoms with Crippen LogP contribution in [0.25, 0.3) is 0 Å². The Balaban J connectivity index is 0. The molecule has 3 nitrogen and oxygen atoms in total. The summed E-state index contributed by atoms with van der Waals surface area (Å²) >= 11 is 0. The number of hydrogen-bond donors (Lipinski definition) is 0. The molecule has 0 bridgehead atoms. The minimum Gasteiger partial charge on any atom is -0.297 e. The second-order valence-electron chi connectivity index (χ2n) is 0.675. The van der Waals surface area contributed by atoms with Crippen molar-refractivity contribution in [2.24, 2.45) is 0 Å². The second-order valence-corrected chi connectivity index (χ2v) is 0.675. The summed E-state index contributed by atoms with van der Waals surface area (Å²) in [4.78, 5) is 8.64. The van der Waals surface area contributed by atoms with E-state index < -0.39 is 4.92 Å². The molecular formula is C3H4NO2Re-. The van der Waals surface area contributed by atoms with E-state index in [1.807, 2.05) is 0 Å². The van der Waals surface area contributed by atoms with Crippen LogP contribution in [0, 0.1) is 16.3 Å². The van der Waals surface area contributed by atoms with Crippen molar-refractivity contribution in [2.45, 2.75) is 6.92 Å². The van der Waals surface area contributed by atoms with Crippen molar-refractivity contribution < 1.29 is 25.3 Å². The van der Waals surface area contributed by atoms with E-state index in [4.69, 9.17) is 0 Å². The van der Waals surface area contributed by atoms with Crippen LogP contribution in [0.1, 0.15) is 6.92 Å². The van der Waals surface area contributed by atoms with Gasteiger partial charge in [-0.15, -0.1) is 4.92 Å². The standard InChI is InChI=1S/C3H4NO2.Re/c1-2-3-4(5)6;/h2H,1H3;/q-1;. The fourth-order valence-electron chi connectivity index (χ4n) is 0.105. The van der Waals surface area contributed by atoms with E-state index in [-0.39, 0.29) is 20.4 Å². The summed E-state index contributed by atoms with van der Waals surface area (Å²) in [5.74, 6) is 0. The Morgan fingerprint density at radius 3 is 2.29 bits per heavy atom. The zero-order valence-electron chi connectivity index (χ0n) is 3.72. The van der Waals surface area contributed by atoms with Gasteiger partial charge in [0.25, 0.3) is 0 Å². The van der Waals surface area contributed by atoms with E-state index in [0.717, 1.165) is 0 Å². The molecule has 0 aromatic heterocycles. The molecule has 0 atom stereocenters. The van der Waals surface area contributed by atoms with E-state index in [2.05, 4.69) is 0 Å². The molecule has 0 N–H and O–H groups in total. The average molecular weight is 272 g/mol. The third-order valence-electron chi connectivity index (χ3n) is 0.235. The monoisotopic (exact) mass is 273 g/mol. The predicted molar refractivity (Wildman–Crippen MR) is 20.5 cm³/mol. The maximum atomic E-state index is 9.26. The summed E-state index contributed by atoms with van der Waals surface area (Å²) < 4.78 is 0. The molecule has 0 heterocycles. The van der Waals surface area contributed by atoms with Gasteiger partial charge in [0.05, 0.1) is 0 Å². The number of nitro groups is 1. The summed E-state index contributed by atoms with van der Waals surface area (Å²) in [6.45, 7) is 1.54. The number of rotatable bonds is 1. The van der Waals surface area contributed by atoms with Crippen LogP contribution in [-0.4, -0.2) is 4.92 Å². The summed E-state index contributed by atoms with van der Waals surface area (Å²) in [6, 6.07) is 0. The topological polar surface area (TPSA) is 43.1 Å². The number of hydrogen-bond acceptors (Lipinski definition) is 2. The molecule has 0 spiro atoms. The van der Waals surface area contributed by atoms with Crippen LogP contribution in [0.5, 0.6) is 0 Å². The van der Waals surface area contributed by atoms with Gasteiger partial charge >= 0.3 is 0 Å². The fraction of sp³-hybridized carbons (Fsp3) is 0.333. The summed E-state index contributed by atoms with van der Waals surface area (Å²) in [7, 11) is 0. The molecule has 0 aliphatic rings. The molecule has 0 fully saturated rings. The molecule has 0 aromatic carbocycles. The van der Waals surface area contributed by atoms with Crippen LogP contribution >= 0.6 is 0 Å². The van der Waals surface area contributed by atoms with Gasteiger partial charge in [-0.25, -0.2) is 6.08 Å². The summed E-state index contributed by atoms with van der Waals surface area (Å²) in [5, 5.41) is 9.26. The van der Waals surface area contributed by atoms with Crippen LogP contribution in [0.15, 0.2) is 6.08 Å². The van der Waals surface area contributed by atoms with Crippen LogP contribution in [-0.2, 0) is 20.4 Å². The van der Waals surface area contributed by atoms with Crippen molar-refractivity contribution >= 4 is 0 Å². The molecule has 7 heavy (non-hydrogen) atoms. The van der Waals surface area contributed by atoms with Gasteiger partial charge in [0.1, 0.15) is 0 Å². The first-order valence-corrected chi connectivity index (χ1v) is 1.45. The Morgan fingerprint density at radius 2 is 2.29 bits per heavy atom. The molecule has 1 radical (unpaired) electrons. The fourth-order valence-corrected chi connectivity index (χ4v) is 0.105.